The zero-order valence-corrected chi connectivity index (χ0v) is 16.4. The third kappa shape index (κ3) is 3.36. The molecule has 0 bridgehead atoms. The first kappa shape index (κ1) is 18.8. The van der Waals surface area contributed by atoms with Gasteiger partial charge in [0.1, 0.15) is 12.7 Å². The van der Waals surface area contributed by atoms with Crippen molar-refractivity contribution in [1.82, 2.24) is 4.57 Å². The molecule has 0 saturated carbocycles. The van der Waals surface area contributed by atoms with Crippen molar-refractivity contribution in [2.24, 2.45) is 0 Å². The first-order chi connectivity index (χ1) is 13.6. The van der Waals surface area contributed by atoms with E-state index in [0.717, 1.165) is 29.8 Å². The summed E-state index contributed by atoms with van der Waals surface area (Å²) >= 11 is 0. The minimum Gasteiger partial charge on any atom is -0.493 e. The Kier molecular flexibility index (Phi) is 5.28. The third-order valence-corrected chi connectivity index (χ3v) is 5.29. The average molecular weight is 387 g/mol. The molecule has 1 saturated heterocycles. The minimum absolute atomic E-state index is 0.0512. The van der Waals surface area contributed by atoms with Gasteiger partial charge in [-0.25, -0.2) is 0 Å². The lowest BCUT2D eigenvalue weighted by Crippen LogP contribution is -2.34. The number of pyridine rings is 1. The summed E-state index contributed by atoms with van der Waals surface area (Å²) in [6.45, 7) is 4.59. The normalized spacial score (nSPS) is 18.2. The molecule has 0 amide bonds. The highest BCUT2D eigenvalue weighted by Crippen LogP contribution is 2.40. The lowest BCUT2D eigenvalue weighted by Gasteiger charge is -2.28. The van der Waals surface area contributed by atoms with Gasteiger partial charge in [-0.2, -0.15) is 0 Å². The molecule has 0 N–H and O–H groups in total. The molecule has 0 aliphatic carbocycles. The Labute approximate surface area is 163 Å². The van der Waals surface area contributed by atoms with Crippen LogP contribution in [0.2, 0.25) is 0 Å². The monoisotopic (exact) mass is 387 g/mol. The van der Waals surface area contributed by atoms with Crippen LogP contribution in [0.1, 0.15) is 11.1 Å². The van der Waals surface area contributed by atoms with Gasteiger partial charge in [-0.15, -0.1) is 0 Å². The number of benzene rings is 1. The smallest absolute Gasteiger partial charge is 0.197 e. The molecular weight excluding hydrogens is 362 g/mol. The molecule has 1 aromatic carbocycles. The number of hydrogen-bond acceptors (Lipinski definition) is 6. The van der Waals surface area contributed by atoms with Gasteiger partial charge < -0.3 is 28.3 Å². The molecule has 4 rings (SSSR count). The molecule has 0 spiro atoms. The quantitative estimate of drug-likeness (QED) is 0.784. The molecule has 7 heteroatoms. The molecule has 7 nitrogen and oxygen atoms in total. The van der Waals surface area contributed by atoms with Crippen LogP contribution < -0.4 is 19.6 Å². The van der Waals surface area contributed by atoms with Crippen LogP contribution >= 0.6 is 0 Å². The Balaban J connectivity index is 1.74. The number of methoxy groups -OCH3 is 2. The van der Waals surface area contributed by atoms with E-state index in [9.17, 15) is 4.79 Å². The fraction of sp³-hybridized carbons (Fsp3) is 0.476. The highest BCUT2D eigenvalue weighted by molar-refractivity contribution is 5.73. The summed E-state index contributed by atoms with van der Waals surface area (Å²) in [7, 11) is 3.23. The molecular formula is C21H25NO6. The van der Waals surface area contributed by atoms with Gasteiger partial charge in [0, 0.05) is 23.7 Å². The van der Waals surface area contributed by atoms with Crippen LogP contribution in [0.5, 0.6) is 17.4 Å². The predicted octanol–water partition coefficient (Wildman–Crippen LogP) is 2.19. The maximum absolute atomic E-state index is 12.6. The van der Waals surface area contributed by atoms with Crippen LogP contribution in [0.3, 0.4) is 0 Å². The van der Waals surface area contributed by atoms with Gasteiger partial charge in [0.15, 0.2) is 22.8 Å². The molecule has 2 aliphatic rings. The van der Waals surface area contributed by atoms with Crippen molar-refractivity contribution < 1.29 is 23.7 Å². The fourth-order valence-corrected chi connectivity index (χ4v) is 3.81. The van der Waals surface area contributed by atoms with Crippen LogP contribution in [0.25, 0.3) is 11.3 Å². The summed E-state index contributed by atoms with van der Waals surface area (Å²) in [5, 5.41) is 0. The minimum atomic E-state index is -0.123. The van der Waals surface area contributed by atoms with Crippen molar-refractivity contribution in [3.05, 3.63) is 39.5 Å². The molecule has 28 heavy (non-hydrogen) atoms. The number of aryl methyl sites for hydroxylation is 1. The molecule has 0 unspecified atom stereocenters. The summed E-state index contributed by atoms with van der Waals surface area (Å²) in [4.78, 5) is 12.6. The predicted molar refractivity (Wildman–Crippen MR) is 104 cm³/mol. The van der Waals surface area contributed by atoms with Crippen molar-refractivity contribution in [3.8, 4) is 28.6 Å². The summed E-state index contributed by atoms with van der Waals surface area (Å²) in [5.41, 5.74) is 3.61. The molecule has 1 atom stereocenters. The van der Waals surface area contributed by atoms with Gasteiger partial charge in [0.05, 0.1) is 39.7 Å². The van der Waals surface area contributed by atoms with Crippen molar-refractivity contribution in [2.75, 3.05) is 40.6 Å². The number of fused-ring (bicyclic) bond motifs is 3. The van der Waals surface area contributed by atoms with E-state index in [2.05, 4.69) is 4.57 Å². The first-order valence-electron chi connectivity index (χ1n) is 9.44. The summed E-state index contributed by atoms with van der Waals surface area (Å²) in [5.74, 6) is 1.89. The van der Waals surface area contributed by atoms with E-state index < -0.39 is 0 Å². The first-order valence-corrected chi connectivity index (χ1v) is 9.44. The molecule has 2 aromatic rings. The maximum Gasteiger partial charge on any atom is 0.197 e. The zero-order valence-electron chi connectivity index (χ0n) is 16.4. The molecule has 2 aliphatic heterocycles. The van der Waals surface area contributed by atoms with Crippen molar-refractivity contribution in [3.63, 3.8) is 0 Å². The topological polar surface area (TPSA) is 68.2 Å². The van der Waals surface area contributed by atoms with Crippen LogP contribution in [0.15, 0.2) is 23.0 Å². The van der Waals surface area contributed by atoms with Crippen molar-refractivity contribution in [1.29, 1.82) is 0 Å². The van der Waals surface area contributed by atoms with Gasteiger partial charge in [0.25, 0.3) is 0 Å². The second-order valence-electron chi connectivity index (χ2n) is 6.97. The van der Waals surface area contributed by atoms with E-state index in [1.54, 1.807) is 20.3 Å². The number of rotatable bonds is 5. The van der Waals surface area contributed by atoms with Gasteiger partial charge >= 0.3 is 0 Å². The van der Waals surface area contributed by atoms with E-state index in [-0.39, 0.29) is 11.5 Å². The Morgan fingerprint density at radius 3 is 2.64 bits per heavy atom. The van der Waals surface area contributed by atoms with E-state index >= 15 is 0 Å². The molecule has 150 valence electrons. The van der Waals surface area contributed by atoms with Crippen LogP contribution in [-0.2, 0) is 22.4 Å². The van der Waals surface area contributed by atoms with E-state index in [1.807, 2.05) is 19.1 Å². The standard InChI is InChI=1S/C21H25NO6/c1-13-17(23)10-20(28-12-15-11-26-6-7-27-15)22-5-4-14-8-18(24-2)19(25-3)9-16(14)21(13)22/h8-10,15H,4-7,11-12H2,1-3H3/t15-/m0/s1. The SMILES string of the molecule is COc1cc2c(cc1OC)-c1c(C)c(=O)cc(OC[C@@H]3COCCO3)n1CC2. The Bertz CT molecular complexity index is 929. The largest absolute Gasteiger partial charge is 0.493 e. The summed E-state index contributed by atoms with van der Waals surface area (Å²) in [6.07, 6.45) is 0.686. The molecule has 1 fully saturated rings. The lowest BCUT2D eigenvalue weighted by molar-refractivity contribution is -0.102. The zero-order chi connectivity index (χ0) is 19.7. The van der Waals surface area contributed by atoms with Crippen LogP contribution in [0, 0.1) is 6.92 Å². The second-order valence-corrected chi connectivity index (χ2v) is 6.97. The fourth-order valence-electron chi connectivity index (χ4n) is 3.81. The van der Waals surface area contributed by atoms with E-state index in [1.165, 1.54) is 0 Å². The van der Waals surface area contributed by atoms with Crippen LogP contribution in [-0.4, -0.2) is 51.3 Å². The van der Waals surface area contributed by atoms with Gasteiger partial charge in [-0.1, -0.05) is 0 Å². The van der Waals surface area contributed by atoms with E-state index in [4.69, 9.17) is 23.7 Å². The Morgan fingerprint density at radius 2 is 1.93 bits per heavy atom. The highest BCUT2D eigenvalue weighted by atomic mass is 16.6. The van der Waals surface area contributed by atoms with Crippen molar-refractivity contribution >= 4 is 0 Å². The highest BCUT2D eigenvalue weighted by Gasteiger charge is 2.25. The third-order valence-electron chi connectivity index (χ3n) is 5.29. The number of nitrogens with zero attached hydrogens (tertiary/aromatic N) is 1. The molecule has 3 heterocycles. The Hall–Kier alpha value is -2.51. The average Bonchev–Trinajstić information content (AvgIpc) is 2.74. The lowest BCUT2D eigenvalue weighted by atomic mass is 9.94. The second kappa shape index (κ2) is 7.85. The number of aromatic nitrogens is 1. The van der Waals surface area contributed by atoms with Crippen LogP contribution in [0.4, 0.5) is 0 Å². The van der Waals surface area contributed by atoms with Gasteiger partial charge in [-0.05, 0) is 31.0 Å². The van der Waals surface area contributed by atoms with Gasteiger partial charge in [-0.3, -0.25) is 4.79 Å². The summed E-state index contributed by atoms with van der Waals surface area (Å²) < 4.78 is 30.0. The molecule has 1 aromatic heterocycles. The van der Waals surface area contributed by atoms with E-state index in [0.29, 0.717) is 49.4 Å². The number of hydrogen-bond donors (Lipinski definition) is 0. The summed E-state index contributed by atoms with van der Waals surface area (Å²) in [6, 6.07) is 5.49. The van der Waals surface area contributed by atoms with Gasteiger partial charge in [0.2, 0.25) is 0 Å². The maximum atomic E-state index is 12.6. The molecule has 0 radical (unpaired) electrons. The van der Waals surface area contributed by atoms with Crippen molar-refractivity contribution in [2.45, 2.75) is 26.0 Å². The number of ether oxygens (including phenoxy) is 5. The Morgan fingerprint density at radius 1 is 1.14 bits per heavy atom.